The lowest BCUT2D eigenvalue weighted by Crippen LogP contribution is -2.43. The standard InChI is InChI=1S/C33H37BrN2O4/c1-19-7-10-21(11-8-19)35-28(39)18-40-27-12-9-20(13-22(27)34)29-30-23(14-32(2,3)16-25(30)37)36(6)24-15-33(4,5)17-26(38)31(24)29/h7-13,29H,14-18H2,1-6H3,(H,35,39). The van der Waals surface area contributed by atoms with Crippen molar-refractivity contribution in [1.29, 1.82) is 0 Å². The zero-order valence-corrected chi connectivity index (χ0v) is 25.7. The summed E-state index contributed by atoms with van der Waals surface area (Å²) in [6, 6.07) is 13.2. The molecule has 1 aliphatic heterocycles. The Morgan fingerprint density at radius 2 is 1.48 bits per heavy atom. The smallest absolute Gasteiger partial charge is 0.262 e. The Kier molecular flexibility index (Phi) is 7.32. The van der Waals surface area contributed by atoms with Crippen LogP contribution in [0.25, 0.3) is 0 Å². The highest BCUT2D eigenvalue weighted by Crippen LogP contribution is 2.54. The van der Waals surface area contributed by atoms with E-state index in [0.29, 0.717) is 28.8 Å². The normalized spacial score (nSPS) is 20.3. The summed E-state index contributed by atoms with van der Waals surface area (Å²) >= 11 is 3.62. The number of aryl methyl sites for hydroxylation is 1. The average Bonchev–Trinajstić information content (AvgIpc) is 2.85. The van der Waals surface area contributed by atoms with Crippen LogP contribution in [0.4, 0.5) is 5.69 Å². The molecule has 0 radical (unpaired) electrons. The number of anilines is 1. The van der Waals surface area contributed by atoms with Gasteiger partial charge in [-0.3, -0.25) is 14.4 Å². The molecule has 0 fully saturated rings. The number of ketones is 2. The van der Waals surface area contributed by atoms with Crippen molar-refractivity contribution in [1.82, 2.24) is 4.90 Å². The number of Topliss-reactive ketones (excluding diaryl/α,β-unsaturated/α-hetero) is 2. The molecule has 0 unspecified atom stereocenters. The first kappa shape index (κ1) is 28.3. The summed E-state index contributed by atoms with van der Waals surface area (Å²) in [6.07, 6.45) is 2.48. The van der Waals surface area contributed by atoms with E-state index in [0.717, 1.165) is 46.5 Å². The Balaban J connectivity index is 1.46. The van der Waals surface area contributed by atoms with Crippen LogP contribution in [0, 0.1) is 17.8 Å². The number of halogens is 1. The second-order valence-corrected chi connectivity index (χ2v) is 13.8. The second kappa shape index (κ2) is 10.3. The summed E-state index contributed by atoms with van der Waals surface area (Å²) in [7, 11) is 2.01. The van der Waals surface area contributed by atoms with Crippen molar-refractivity contribution in [2.24, 2.45) is 10.8 Å². The van der Waals surface area contributed by atoms with Gasteiger partial charge < -0.3 is 15.0 Å². The van der Waals surface area contributed by atoms with Crippen LogP contribution in [0.5, 0.6) is 5.75 Å². The zero-order valence-electron chi connectivity index (χ0n) is 24.1. The van der Waals surface area contributed by atoms with Gasteiger partial charge in [0.15, 0.2) is 18.2 Å². The van der Waals surface area contributed by atoms with Gasteiger partial charge in [0.2, 0.25) is 0 Å². The van der Waals surface area contributed by atoms with Crippen LogP contribution in [0.1, 0.15) is 70.4 Å². The molecule has 5 rings (SSSR count). The molecule has 0 spiro atoms. The van der Waals surface area contributed by atoms with E-state index in [-0.39, 0.29) is 34.9 Å². The van der Waals surface area contributed by atoms with Crippen molar-refractivity contribution in [2.45, 2.75) is 66.2 Å². The first-order valence-corrected chi connectivity index (χ1v) is 14.6. The maximum atomic E-state index is 13.7. The molecule has 1 amide bonds. The van der Waals surface area contributed by atoms with E-state index in [1.807, 2.05) is 56.4 Å². The Hall–Kier alpha value is -3.19. The predicted molar refractivity (Wildman–Crippen MR) is 160 cm³/mol. The highest BCUT2D eigenvalue weighted by Gasteiger charge is 2.48. The van der Waals surface area contributed by atoms with Crippen molar-refractivity contribution in [3.8, 4) is 5.75 Å². The van der Waals surface area contributed by atoms with E-state index in [1.54, 1.807) is 0 Å². The topological polar surface area (TPSA) is 75.7 Å². The Labute approximate surface area is 245 Å². The van der Waals surface area contributed by atoms with Crippen LogP contribution in [0.2, 0.25) is 0 Å². The van der Waals surface area contributed by atoms with Crippen LogP contribution in [0.15, 0.2) is 69.5 Å². The minimum Gasteiger partial charge on any atom is -0.483 e. The van der Waals surface area contributed by atoms with Crippen molar-refractivity contribution >= 4 is 39.1 Å². The number of hydrogen-bond donors (Lipinski definition) is 1. The van der Waals surface area contributed by atoms with Crippen molar-refractivity contribution < 1.29 is 19.1 Å². The van der Waals surface area contributed by atoms with Gasteiger partial charge in [0.05, 0.1) is 4.47 Å². The Bertz CT molecular complexity index is 1410. The molecule has 0 atom stereocenters. The summed E-state index contributed by atoms with van der Waals surface area (Å²) in [5.41, 5.74) is 5.96. The average molecular weight is 606 g/mol. The molecule has 0 saturated heterocycles. The molecular formula is C33H37BrN2O4. The molecule has 6 nitrogen and oxygen atoms in total. The molecule has 7 heteroatoms. The van der Waals surface area contributed by atoms with Gasteiger partial charge in [-0.15, -0.1) is 0 Å². The molecule has 1 N–H and O–H groups in total. The van der Waals surface area contributed by atoms with Crippen molar-refractivity contribution in [2.75, 3.05) is 19.0 Å². The van der Waals surface area contributed by atoms with Gasteiger partial charge in [0, 0.05) is 54.0 Å². The van der Waals surface area contributed by atoms with Crippen LogP contribution in [-0.4, -0.2) is 36.0 Å². The molecule has 0 saturated carbocycles. The summed E-state index contributed by atoms with van der Waals surface area (Å²) in [6.45, 7) is 10.4. The number of hydrogen-bond acceptors (Lipinski definition) is 5. The fourth-order valence-electron chi connectivity index (χ4n) is 6.29. The van der Waals surface area contributed by atoms with Gasteiger partial charge in [0.1, 0.15) is 5.75 Å². The molecule has 3 aliphatic rings. The molecule has 2 aromatic rings. The summed E-state index contributed by atoms with van der Waals surface area (Å²) in [5, 5.41) is 2.84. The number of amides is 1. The molecule has 40 heavy (non-hydrogen) atoms. The number of carbonyl (C=O) groups excluding carboxylic acids is 3. The molecule has 0 aromatic heterocycles. The molecular weight excluding hydrogens is 568 g/mol. The third kappa shape index (κ3) is 5.53. The van der Waals surface area contributed by atoms with Gasteiger partial charge in [-0.2, -0.15) is 0 Å². The molecule has 0 bridgehead atoms. The monoisotopic (exact) mass is 604 g/mol. The van der Waals surface area contributed by atoms with Crippen LogP contribution >= 0.6 is 15.9 Å². The molecule has 2 aromatic carbocycles. The lowest BCUT2D eigenvalue weighted by Gasteiger charge is -2.47. The van der Waals surface area contributed by atoms with E-state index in [2.05, 4.69) is 53.8 Å². The van der Waals surface area contributed by atoms with Gasteiger partial charge >= 0.3 is 0 Å². The minimum atomic E-state index is -0.413. The lowest BCUT2D eigenvalue weighted by molar-refractivity contribution is -0.120. The van der Waals surface area contributed by atoms with Crippen LogP contribution in [-0.2, 0) is 14.4 Å². The number of nitrogens with one attached hydrogen (secondary N) is 1. The molecule has 210 valence electrons. The maximum Gasteiger partial charge on any atom is 0.262 e. The highest BCUT2D eigenvalue weighted by molar-refractivity contribution is 9.10. The predicted octanol–water partition coefficient (Wildman–Crippen LogP) is 7.09. The number of benzene rings is 2. The number of carbonyl (C=O) groups is 3. The summed E-state index contributed by atoms with van der Waals surface area (Å²) in [4.78, 5) is 42.0. The molecule has 1 heterocycles. The minimum absolute atomic E-state index is 0.108. The fraction of sp³-hybridized carbons (Fsp3) is 0.424. The maximum absolute atomic E-state index is 13.7. The van der Waals surface area contributed by atoms with Crippen LogP contribution < -0.4 is 10.1 Å². The van der Waals surface area contributed by atoms with E-state index in [4.69, 9.17) is 4.74 Å². The first-order chi connectivity index (χ1) is 18.7. The van der Waals surface area contributed by atoms with E-state index < -0.39 is 5.92 Å². The third-order valence-corrected chi connectivity index (χ3v) is 8.78. The van der Waals surface area contributed by atoms with E-state index in [1.165, 1.54) is 0 Å². The van der Waals surface area contributed by atoms with Gasteiger partial charge in [-0.1, -0.05) is 51.5 Å². The number of rotatable bonds is 5. The highest BCUT2D eigenvalue weighted by atomic mass is 79.9. The summed E-state index contributed by atoms with van der Waals surface area (Å²) in [5.74, 6) is 0.0635. The van der Waals surface area contributed by atoms with Crippen molar-refractivity contribution in [3.63, 3.8) is 0 Å². The lowest BCUT2D eigenvalue weighted by atomic mass is 9.64. The quantitative estimate of drug-likeness (QED) is 0.394. The zero-order chi connectivity index (χ0) is 29.0. The summed E-state index contributed by atoms with van der Waals surface area (Å²) < 4.78 is 6.51. The number of nitrogens with zero attached hydrogens (tertiary/aromatic N) is 1. The largest absolute Gasteiger partial charge is 0.483 e. The van der Waals surface area contributed by atoms with Crippen LogP contribution in [0.3, 0.4) is 0 Å². The van der Waals surface area contributed by atoms with E-state index >= 15 is 0 Å². The fourth-order valence-corrected chi connectivity index (χ4v) is 6.80. The van der Waals surface area contributed by atoms with E-state index in [9.17, 15) is 14.4 Å². The number of allylic oxidation sites excluding steroid dienone is 4. The van der Waals surface area contributed by atoms with Gasteiger partial charge in [-0.25, -0.2) is 0 Å². The third-order valence-electron chi connectivity index (χ3n) is 8.16. The Morgan fingerprint density at radius 3 is 2.00 bits per heavy atom. The first-order valence-electron chi connectivity index (χ1n) is 13.8. The van der Waals surface area contributed by atoms with Crippen molar-refractivity contribution in [3.05, 3.63) is 80.6 Å². The SMILES string of the molecule is Cc1ccc(NC(=O)COc2ccc(C3C4=C(CC(C)(C)CC4=O)N(C)C4=C3C(=O)CC(C)(C)C4)cc2Br)cc1. The number of ether oxygens (including phenoxy) is 1. The Morgan fingerprint density at radius 1 is 0.925 bits per heavy atom. The van der Waals surface area contributed by atoms with Gasteiger partial charge in [0.25, 0.3) is 5.91 Å². The van der Waals surface area contributed by atoms with Gasteiger partial charge in [-0.05, 0) is 76.4 Å². The molecule has 2 aliphatic carbocycles. The second-order valence-electron chi connectivity index (χ2n) is 13.0.